The Hall–Kier alpha value is -1.18. The molecule has 1 aliphatic rings. The summed E-state index contributed by atoms with van der Waals surface area (Å²) in [6.45, 7) is 0.671. The quantitative estimate of drug-likeness (QED) is 0.611. The van der Waals surface area contributed by atoms with Crippen molar-refractivity contribution < 1.29 is 13.9 Å². The highest BCUT2D eigenvalue weighted by Crippen LogP contribution is 2.31. The van der Waals surface area contributed by atoms with Gasteiger partial charge in [-0.25, -0.2) is 0 Å². The number of nitro groups is 1. The van der Waals surface area contributed by atoms with Crippen LogP contribution in [0.15, 0.2) is 12.1 Å². The lowest BCUT2D eigenvalue weighted by Crippen LogP contribution is -2.41. The molecule has 0 radical (unpaired) electrons. The van der Waals surface area contributed by atoms with Crippen LogP contribution in [0, 0.1) is 10.1 Å². The maximum Gasteiger partial charge on any atom is 0.271 e. The lowest BCUT2D eigenvalue weighted by atomic mass is 10.1. The molecule has 1 heterocycles. The lowest BCUT2D eigenvalue weighted by Gasteiger charge is -2.26. The molecule has 0 aromatic heterocycles. The first-order valence-electron chi connectivity index (χ1n) is 5.68. The molecule has 6 nitrogen and oxygen atoms in total. The molecule has 1 aromatic carbocycles. The van der Waals surface area contributed by atoms with E-state index in [9.17, 15) is 19.1 Å². The standard InChI is InChI=1S/C11H10Cl2N2O4S/c12-9-6-7(15(17)18)5-8(10(9)13)11(16)14-1-3-20(19)4-2-14/h5-6H,1-4H2. The van der Waals surface area contributed by atoms with Crippen molar-refractivity contribution in [1.29, 1.82) is 0 Å². The molecule has 1 amide bonds. The molecule has 0 spiro atoms. The molecule has 1 aromatic rings. The van der Waals surface area contributed by atoms with Gasteiger partial charge >= 0.3 is 0 Å². The summed E-state index contributed by atoms with van der Waals surface area (Å²) in [5.41, 5.74) is -0.290. The maximum atomic E-state index is 12.3. The fourth-order valence-corrected chi connectivity index (χ4v) is 3.30. The Bertz CT molecular complexity index is 598. The lowest BCUT2D eigenvalue weighted by molar-refractivity contribution is -0.384. The summed E-state index contributed by atoms with van der Waals surface area (Å²) in [6, 6.07) is 2.22. The molecule has 0 bridgehead atoms. The highest BCUT2D eigenvalue weighted by Gasteiger charge is 2.26. The number of carbonyl (C=O) groups is 1. The third kappa shape index (κ3) is 3.11. The number of halogens is 2. The number of rotatable bonds is 2. The van der Waals surface area contributed by atoms with Gasteiger partial charge in [0.25, 0.3) is 11.6 Å². The summed E-state index contributed by atoms with van der Waals surface area (Å²) in [6.07, 6.45) is 0. The van der Waals surface area contributed by atoms with E-state index in [2.05, 4.69) is 0 Å². The van der Waals surface area contributed by atoms with E-state index in [-0.39, 0.29) is 21.3 Å². The van der Waals surface area contributed by atoms with Gasteiger partial charge in [0.15, 0.2) is 0 Å². The van der Waals surface area contributed by atoms with Crippen molar-refractivity contribution in [3.8, 4) is 0 Å². The van der Waals surface area contributed by atoms with E-state index in [1.807, 2.05) is 0 Å². The van der Waals surface area contributed by atoms with Crippen molar-refractivity contribution in [1.82, 2.24) is 4.90 Å². The zero-order chi connectivity index (χ0) is 14.9. The first kappa shape index (κ1) is 15.2. The highest BCUT2D eigenvalue weighted by molar-refractivity contribution is 7.85. The van der Waals surface area contributed by atoms with Crippen molar-refractivity contribution in [2.45, 2.75) is 0 Å². The molecule has 9 heteroatoms. The molecule has 1 saturated heterocycles. The summed E-state index contributed by atoms with van der Waals surface area (Å²) in [4.78, 5) is 24.0. The molecule has 108 valence electrons. The molecule has 1 fully saturated rings. The fourth-order valence-electron chi connectivity index (χ4n) is 1.85. The maximum absolute atomic E-state index is 12.3. The number of carbonyl (C=O) groups excluding carboxylic acids is 1. The second-order valence-electron chi connectivity index (χ2n) is 4.19. The SMILES string of the molecule is O=C(c1cc([N+](=O)[O-])cc(Cl)c1Cl)N1CCS(=O)CC1. The van der Waals surface area contributed by atoms with E-state index < -0.39 is 21.6 Å². The van der Waals surface area contributed by atoms with Crippen molar-refractivity contribution in [2.75, 3.05) is 24.6 Å². The molecule has 0 aliphatic carbocycles. The van der Waals surface area contributed by atoms with Gasteiger partial charge in [0, 0.05) is 47.5 Å². The van der Waals surface area contributed by atoms with Crippen molar-refractivity contribution >= 4 is 45.6 Å². The van der Waals surface area contributed by atoms with Gasteiger partial charge in [-0.2, -0.15) is 0 Å². The highest BCUT2D eigenvalue weighted by atomic mass is 35.5. The topological polar surface area (TPSA) is 80.5 Å². The van der Waals surface area contributed by atoms with E-state index in [1.54, 1.807) is 0 Å². The van der Waals surface area contributed by atoms with Crippen LogP contribution >= 0.6 is 23.2 Å². The monoisotopic (exact) mass is 336 g/mol. The van der Waals surface area contributed by atoms with Gasteiger partial charge in [-0.1, -0.05) is 23.2 Å². The van der Waals surface area contributed by atoms with Gasteiger partial charge in [0.1, 0.15) is 0 Å². The van der Waals surface area contributed by atoms with Gasteiger partial charge in [0.2, 0.25) is 0 Å². The average Bonchev–Trinajstić information content (AvgIpc) is 2.41. The normalized spacial score (nSPS) is 16.2. The number of benzene rings is 1. The molecule has 0 unspecified atom stereocenters. The Morgan fingerprint density at radius 1 is 1.30 bits per heavy atom. The second kappa shape index (κ2) is 6.07. The van der Waals surface area contributed by atoms with Crippen LogP contribution in [0.2, 0.25) is 10.0 Å². The summed E-state index contributed by atoms with van der Waals surface area (Å²) in [5, 5.41) is 10.8. The third-order valence-electron chi connectivity index (χ3n) is 2.92. The summed E-state index contributed by atoms with van der Waals surface area (Å²) in [7, 11) is -0.916. The van der Waals surface area contributed by atoms with Crippen LogP contribution in [0.3, 0.4) is 0 Å². The number of nitrogens with zero attached hydrogens (tertiary/aromatic N) is 2. The minimum atomic E-state index is -0.916. The smallest absolute Gasteiger partial charge is 0.271 e. The van der Waals surface area contributed by atoms with E-state index in [1.165, 1.54) is 4.90 Å². The molecule has 0 saturated carbocycles. The zero-order valence-electron chi connectivity index (χ0n) is 10.2. The van der Waals surface area contributed by atoms with E-state index >= 15 is 0 Å². The van der Waals surface area contributed by atoms with Crippen LogP contribution < -0.4 is 0 Å². The molecular weight excluding hydrogens is 327 g/mol. The number of nitro benzene ring substituents is 1. The Morgan fingerprint density at radius 2 is 1.90 bits per heavy atom. The van der Waals surface area contributed by atoms with Gasteiger partial charge < -0.3 is 4.90 Å². The van der Waals surface area contributed by atoms with Crippen molar-refractivity contribution in [3.05, 3.63) is 37.9 Å². The minimum Gasteiger partial charge on any atom is -0.337 e. The van der Waals surface area contributed by atoms with Crippen LogP contribution in [0.5, 0.6) is 0 Å². The Labute approximate surface area is 127 Å². The van der Waals surface area contributed by atoms with Crippen LogP contribution in [0.1, 0.15) is 10.4 Å². The number of amides is 1. The summed E-state index contributed by atoms with van der Waals surface area (Å²) in [5.74, 6) is 0.357. The number of non-ortho nitro benzene ring substituents is 1. The van der Waals surface area contributed by atoms with Crippen LogP contribution in [0.25, 0.3) is 0 Å². The molecule has 1 aliphatic heterocycles. The van der Waals surface area contributed by atoms with Crippen molar-refractivity contribution in [2.24, 2.45) is 0 Å². The predicted octanol–water partition coefficient (Wildman–Crippen LogP) is 2.11. The molecule has 2 rings (SSSR count). The Balaban J connectivity index is 2.34. The third-order valence-corrected chi connectivity index (χ3v) is 5.00. The van der Waals surface area contributed by atoms with E-state index in [4.69, 9.17) is 23.2 Å². The first-order valence-corrected chi connectivity index (χ1v) is 7.92. The first-order chi connectivity index (χ1) is 9.40. The molecule has 0 atom stereocenters. The largest absolute Gasteiger partial charge is 0.337 e. The summed E-state index contributed by atoms with van der Waals surface area (Å²) >= 11 is 11.8. The molecule has 0 N–H and O–H groups in total. The second-order valence-corrected chi connectivity index (χ2v) is 6.67. The fraction of sp³-hybridized carbons (Fsp3) is 0.364. The number of hydrogen-bond acceptors (Lipinski definition) is 4. The van der Waals surface area contributed by atoms with Gasteiger partial charge in [-0.3, -0.25) is 19.1 Å². The van der Waals surface area contributed by atoms with Gasteiger partial charge in [-0.05, 0) is 0 Å². The van der Waals surface area contributed by atoms with Crippen LogP contribution in [-0.4, -0.2) is 44.5 Å². The average molecular weight is 337 g/mol. The van der Waals surface area contributed by atoms with Gasteiger partial charge in [0.05, 0.1) is 20.5 Å². The van der Waals surface area contributed by atoms with E-state index in [0.717, 1.165) is 12.1 Å². The van der Waals surface area contributed by atoms with Crippen LogP contribution in [0.4, 0.5) is 5.69 Å². The predicted molar refractivity (Wildman–Crippen MR) is 76.9 cm³/mol. The van der Waals surface area contributed by atoms with Crippen molar-refractivity contribution in [3.63, 3.8) is 0 Å². The van der Waals surface area contributed by atoms with E-state index in [0.29, 0.717) is 24.6 Å². The Morgan fingerprint density at radius 3 is 2.45 bits per heavy atom. The molecule has 20 heavy (non-hydrogen) atoms. The minimum absolute atomic E-state index is 0.00134. The van der Waals surface area contributed by atoms with Crippen LogP contribution in [-0.2, 0) is 10.8 Å². The molecular formula is C11H10Cl2N2O4S. The Kier molecular flexibility index (Phi) is 4.62. The van der Waals surface area contributed by atoms with Gasteiger partial charge in [-0.15, -0.1) is 0 Å². The summed E-state index contributed by atoms with van der Waals surface area (Å²) < 4.78 is 11.3. The number of hydrogen-bond donors (Lipinski definition) is 0. The zero-order valence-corrected chi connectivity index (χ0v) is 12.5.